The third-order valence-electron chi connectivity index (χ3n) is 7.39. The molecule has 36 heavy (non-hydrogen) atoms. The number of anilines is 2. The maximum absolute atomic E-state index is 13.2. The number of carbonyl (C=O) groups excluding carboxylic acids is 3. The Labute approximate surface area is 211 Å². The van der Waals surface area contributed by atoms with E-state index in [1.807, 2.05) is 43.3 Å². The molecule has 3 aromatic carbocycles. The molecule has 0 bridgehead atoms. The summed E-state index contributed by atoms with van der Waals surface area (Å²) in [6.45, 7) is 2.62. The lowest BCUT2D eigenvalue weighted by atomic mass is 9.94. The highest BCUT2D eigenvalue weighted by molar-refractivity contribution is 6.35. The summed E-state index contributed by atoms with van der Waals surface area (Å²) in [5, 5.41) is 3.03. The fourth-order valence-electron chi connectivity index (χ4n) is 5.31. The van der Waals surface area contributed by atoms with Crippen LogP contribution in [0.25, 0.3) is 0 Å². The molecule has 1 aliphatic carbocycles. The maximum atomic E-state index is 13.2. The molecule has 1 aliphatic heterocycles. The molecule has 0 spiro atoms. The molecule has 0 radical (unpaired) electrons. The van der Waals surface area contributed by atoms with Crippen molar-refractivity contribution in [3.8, 4) is 0 Å². The van der Waals surface area contributed by atoms with E-state index in [-0.39, 0.29) is 17.4 Å². The van der Waals surface area contributed by atoms with Gasteiger partial charge in [0.05, 0.1) is 16.8 Å². The molecule has 6 nitrogen and oxygen atoms in total. The van der Waals surface area contributed by atoms with Crippen LogP contribution in [0.15, 0.2) is 66.7 Å². The number of rotatable bonds is 6. The highest BCUT2D eigenvalue weighted by Crippen LogP contribution is 2.31. The zero-order chi connectivity index (χ0) is 25.2. The molecular weight excluding hydrogens is 450 g/mol. The Morgan fingerprint density at radius 1 is 0.917 bits per heavy atom. The van der Waals surface area contributed by atoms with E-state index in [0.29, 0.717) is 22.9 Å². The van der Waals surface area contributed by atoms with Crippen LogP contribution in [0.2, 0.25) is 0 Å². The molecule has 1 heterocycles. The average molecular weight is 482 g/mol. The van der Waals surface area contributed by atoms with Gasteiger partial charge in [-0.1, -0.05) is 55.7 Å². The van der Waals surface area contributed by atoms with Gasteiger partial charge in [0.25, 0.3) is 17.7 Å². The lowest BCUT2D eigenvalue weighted by Crippen LogP contribution is -2.33. The van der Waals surface area contributed by atoms with Crippen molar-refractivity contribution < 1.29 is 14.4 Å². The lowest BCUT2D eigenvalue weighted by Gasteiger charge is -2.31. The monoisotopic (exact) mass is 481 g/mol. The van der Waals surface area contributed by atoms with Crippen LogP contribution in [-0.4, -0.2) is 35.7 Å². The molecule has 1 fully saturated rings. The first-order valence-electron chi connectivity index (χ1n) is 12.6. The molecule has 0 atom stereocenters. The summed E-state index contributed by atoms with van der Waals surface area (Å²) >= 11 is 0. The lowest BCUT2D eigenvalue weighted by molar-refractivity contribution is 0.0925. The predicted octanol–water partition coefficient (Wildman–Crippen LogP) is 5.81. The van der Waals surface area contributed by atoms with Gasteiger partial charge in [-0.3, -0.25) is 19.3 Å². The second-order valence-corrected chi connectivity index (χ2v) is 9.81. The van der Waals surface area contributed by atoms with Gasteiger partial charge in [0.2, 0.25) is 0 Å². The minimum Gasteiger partial charge on any atom is -0.322 e. The van der Waals surface area contributed by atoms with Gasteiger partial charge in [-0.25, -0.2) is 4.90 Å². The zero-order valence-electron chi connectivity index (χ0n) is 20.8. The van der Waals surface area contributed by atoms with Gasteiger partial charge in [-0.2, -0.15) is 0 Å². The van der Waals surface area contributed by atoms with E-state index < -0.39 is 5.91 Å². The largest absolute Gasteiger partial charge is 0.322 e. The molecule has 6 heteroatoms. The van der Waals surface area contributed by atoms with E-state index in [0.717, 1.165) is 23.4 Å². The summed E-state index contributed by atoms with van der Waals surface area (Å²) in [5.41, 5.74) is 4.12. The number of imide groups is 1. The van der Waals surface area contributed by atoms with Gasteiger partial charge < -0.3 is 5.32 Å². The van der Waals surface area contributed by atoms with Crippen molar-refractivity contribution >= 4 is 29.1 Å². The summed E-state index contributed by atoms with van der Waals surface area (Å²) < 4.78 is 0. The van der Waals surface area contributed by atoms with Gasteiger partial charge in [0.1, 0.15) is 0 Å². The van der Waals surface area contributed by atoms with Crippen LogP contribution >= 0.6 is 0 Å². The molecule has 1 N–H and O–H groups in total. The van der Waals surface area contributed by atoms with Gasteiger partial charge in [-0.05, 0) is 68.3 Å². The zero-order valence-corrected chi connectivity index (χ0v) is 20.8. The fraction of sp³-hybridized carbons (Fsp3) is 0.300. The van der Waals surface area contributed by atoms with Crippen LogP contribution in [-0.2, 0) is 6.54 Å². The highest BCUT2D eigenvalue weighted by atomic mass is 16.2. The van der Waals surface area contributed by atoms with Crippen molar-refractivity contribution in [3.05, 3.63) is 94.5 Å². The Hall–Kier alpha value is -3.77. The van der Waals surface area contributed by atoms with Crippen LogP contribution < -0.4 is 10.2 Å². The molecule has 2 aliphatic rings. The Morgan fingerprint density at radius 2 is 1.61 bits per heavy atom. The maximum Gasteiger partial charge on any atom is 0.266 e. The second-order valence-electron chi connectivity index (χ2n) is 9.81. The highest BCUT2D eigenvalue weighted by Gasteiger charge is 2.37. The summed E-state index contributed by atoms with van der Waals surface area (Å²) in [4.78, 5) is 43.0. The van der Waals surface area contributed by atoms with Crippen LogP contribution in [0.5, 0.6) is 0 Å². The summed E-state index contributed by atoms with van der Waals surface area (Å²) in [6.07, 6.45) is 6.29. The Bertz CT molecular complexity index is 1330. The standard InChI is InChI=1S/C30H31N3O3/c1-20-10-6-9-15-27(20)33-29(35)24-17-16-21(18-25(24)30(33)36)28(34)31-26-14-8-7-11-22(26)19-32(2)23-12-4-3-5-13-23/h6-11,14-18,23H,3-5,12-13,19H2,1-2H3,(H,31,34). The fourth-order valence-corrected chi connectivity index (χ4v) is 5.31. The molecule has 3 amide bonds. The number of para-hydroxylation sites is 2. The summed E-state index contributed by atoms with van der Waals surface area (Å²) in [5.74, 6) is -1.08. The minimum absolute atomic E-state index is 0.251. The Morgan fingerprint density at radius 3 is 2.39 bits per heavy atom. The molecular formula is C30H31N3O3. The molecule has 0 saturated heterocycles. The Balaban J connectivity index is 1.35. The normalized spacial score (nSPS) is 15.9. The van der Waals surface area contributed by atoms with E-state index in [1.54, 1.807) is 24.3 Å². The van der Waals surface area contributed by atoms with Crippen LogP contribution in [0.3, 0.4) is 0 Å². The van der Waals surface area contributed by atoms with Gasteiger partial charge in [-0.15, -0.1) is 0 Å². The van der Waals surface area contributed by atoms with Crippen molar-refractivity contribution in [2.75, 3.05) is 17.3 Å². The topological polar surface area (TPSA) is 69.7 Å². The molecule has 5 rings (SSSR count). The summed E-state index contributed by atoms with van der Waals surface area (Å²) in [7, 11) is 2.15. The van der Waals surface area contributed by atoms with Crippen molar-refractivity contribution in [2.45, 2.75) is 51.6 Å². The van der Waals surface area contributed by atoms with Crippen LogP contribution in [0.4, 0.5) is 11.4 Å². The number of hydrogen-bond acceptors (Lipinski definition) is 4. The Kier molecular flexibility index (Phi) is 6.70. The van der Waals surface area contributed by atoms with E-state index >= 15 is 0 Å². The van der Waals surface area contributed by atoms with Crippen molar-refractivity contribution in [1.29, 1.82) is 0 Å². The van der Waals surface area contributed by atoms with Crippen LogP contribution in [0, 0.1) is 6.92 Å². The number of aryl methyl sites for hydroxylation is 1. The summed E-state index contributed by atoms with van der Waals surface area (Å²) in [6, 6.07) is 20.4. The molecule has 3 aromatic rings. The van der Waals surface area contributed by atoms with E-state index in [4.69, 9.17) is 0 Å². The SMILES string of the molecule is Cc1ccccc1N1C(=O)c2ccc(C(=O)Nc3ccccc3CN(C)C3CCCCC3)cc2C1=O. The number of nitrogens with one attached hydrogen (secondary N) is 1. The van der Waals surface area contributed by atoms with Gasteiger partial charge in [0.15, 0.2) is 0 Å². The van der Waals surface area contributed by atoms with E-state index in [1.165, 1.54) is 43.1 Å². The molecule has 184 valence electrons. The van der Waals surface area contributed by atoms with Gasteiger partial charge >= 0.3 is 0 Å². The van der Waals surface area contributed by atoms with Gasteiger partial charge in [0, 0.05) is 23.8 Å². The van der Waals surface area contributed by atoms with Crippen LogP contribution in [0.1, 0.15) is 74.3 Å². The molecule has 1 saturated carbocycles. The third-order valence-corrected chi connectivity index (χ3v) is 7.39. The molecule has 0 unspecified atom stereocenters. The van der Waals surface area contributed by atoms with Crippen molar-refractivity contribution in [3.63, 3.8) is 0 Å². The number of benzene rings is 3. The number of fused-ring (bicyclic) bond motifs is 1. The number of hydrogen-bond donors (Lipinski definition) is 1. The van der Waals surface area contributed by atoms with E-state index in [2.05, 4.69) is 17.3 Å². The van der Waals surface area contributed by atoms with Crippen molar-refractivity contribution in [1.82, 2.24) is 4.90 Å². The third kappa shape index (κ3) is 4.56. The first-order valence-corrected chi connectivity index (χ1v) is 12.6. The molecule has 0 aromatic heterocycles. The minimum atomic E-state index is -0.409. The van der Waals surface area contributed by atoms with E-state index in [9.17, 15) is 14.4 Å². The first kappa shape index (κ1) is 23.9. The predicted molar refractivity (Wildman–Crippen MR) is 141 cm³/mol. The number of amides is 3. The quantitative estimate of drug-likeness (QED) is 0.451. The number of carbonyl (C=O) groups is 3. The average Bonchev–Trinajstić information content (AvgIpc) is 3.15. The first-order chi connectivity index (χ1) is 17.4. The smallest absolute Gasteiger partial charge is 0.266 e. The second kappa shape index (κ2) is 10.1. The number of nitrogens with zero attached hydrogens (tertiary/aromatic N) is 2. The van der Waals surface area contributed by atoms with Crippen molar-refractivity contribution in [2.24, 2.45) is 0 Å².